The van der Waals surface area contributed by atoms with Crippen LogP contribution < -0.4 is 0 Å². The van der Waals surface area contributed by atoms with E-state index in [9.17, 15) is 9.18 Å². The molecule has 0 saturated carbocycles. The number of thiophene rings is 1. The monoisotopic (exact) mass is 200 g/mol. The first kappa shape index (κ1) is 9.92. The number of hydrogen-bond donors (Lipinski definition) is 1. The van der Waals surface area contributed by atoms with Gasteiger partial charge in [0.15, 0.2) is 0 Å². The number of aliphatic carboxylic acids is 1. The highest BCUT2D eigenvalue weighted by atomic mass is 32.1. The Morgan fingerprint density at radius 2 is 2.23 bits per heavy atom. The second-order valence-electron chi connectivity index (χ2n) is 2.67. The molecule has 0 spiro atoms. The van der Waals surface area contributed by atoms with Gasteiger partial charge in [-0.2, -0.15) is 4.39 Å². The molecule has 2 nitrogen and oxygen atoms in total. The van der Waals surface area contributed by atoms with Crippen molar-refractivity contribution in [3.8, 4) is 0 Å². The molecule has 70 valence electrons. The normalized spacial score (nSPS) is 11.8. The van der Waals surface area contributed by atoms with Gasteiger partial charge >= 0.3 is 5.97 Å². The summed E-state index contributed by atoms with van der Waals surface area (Å²) >= 11 is 1.52. The molecule has 0 fully saturated rings. The molecule has 0 atom stereocenters. The number of halogens is 1. The van der Waals surface area contributed by atoms with Crippen molar-refractivity contribution in [3.05, 3.63) is 27.2 Å². The van der Waals surface area contributed by atoms with Crippen molar-refractivity contribution in [2.45, 2.75) is 13.8 Å². The topological polar surface area (TPSA) is 37.3 Å². The van der Waals surface area contributed by atoms with Crippen molar-refractivity contribution in [3.63, 3.8) is 0 Å². The molecular weight excluding hydrogens is 191 g/mol. The zero-order valence-corrected chi connectivity index (χ0v) is 8.11. The van der Waals surface area contributed by atoms with Gasteiger partial charge in [-0.3, -0.25) is 0 Å². The highest BCUT2D eigenvalue weighted by Crippen LogP contribution is 2.23. The average molecular weight is 200 g/mol. The molecule has 0 aliphatic rings. The van der Waals surface area contributed by atoms with Gasteiger partial charge in [0.1, 0.15) is 0 Å². The first-order valence-electron chi connectivity index (χ1n) is 3.68. The summed E-state index contributed by atoms with van der Waals surface area (Å²) in [6, 6.07) is 1.77. The quantitative estimate of drug-likeness (QED) is 0.745. The van der Waals surface area contributed by atoms with E-state index < -0.39 is 11.8 Å². The van der Waals surface area contributed by atoms with Crippen molar-refractivity contribution in [1.29, 1.82) is 0 Å². The van der Waals surface area contributed by atoms with Crippen molar-refractivity contribution >= 4 is 23.4 Å². The molecule has 0 aromatic carbocycles. The third kappa shape index (κ3) is 2.39. The molecule has 1 rings (SSSR count). The standard InChI is InChI=1S/C9H9FO2S/c1-5-3-7(6(2)13-5)4-8(10)9(11)12/h3-4H,1-2H3,(H,11,12). The smallest absolute Gasteiger partial charge is 0.364 e. The Morgan fingerprint density at radius 3 is 2.62 bits per heavy atom. The van der Waals surface area contributed by atoms with Crippen molar-refractivity contribution in [2.24, 2.45) is 0 Å². The molecule has 0 bridgehead atoms. The molecule has 0 saturated heterocycles. The summed E-state index contributed by atoms with van der Waals surface area (Å²) in [5.41, 5.74) is 0.641. The van der Waals surface area contributed by atoms with Crippen LogP contribution in [-0.2, 0) is 4.79 Å². The Morgan fingerprint density at radius 1 is 1.62 bits per heavy atom. The van der Waals surface area contributed by atoms with E-state index in [4.69, 9.17) is 5.11 Å². The maximum Gasteiger partial charge on any atom is 0.364 e. The number of carboxylic acid groups (broad SMARTS) is 1. The summed E-state index contributed by atoms with van der Waals surface area (Å²) in [4.78, 5) is 12.2. The van der Waals surface area contributed by atoms with Gasteiger partial charge < -0.3 is 5.11 Å². The molecule has 4 heteroatoms. The zero-order valence-electron chi connectivity index (χ0n) is 7.30. The first-order valence-corrected chi connectivity index (χ1v) is 4.50. The van der Waals surface area contributed by atoms with E-state index in [0.29, 0.717) is 5.56 Å². The van der Waals surface area contributed by atoms with Crippen molar-refractivity contribution in [1.82, 2.24) is 0 Å². The lowest BCUT2D eigenvalue weighted by atomic mass is 10.2. The summed E-state index contributed by atoms with van der Waals surface area (Å²) in [6.45, 7) is 3.73. The van der Waals surface area contributed by atoms with Crippen LogP contribution >= 0.6 is 11.3 Å². The summed E-state index contributed by atoms with van der Waals surface area (Å²) in [7, 11) is 0. The molecule has 1 heterocycles. The van der Waals surface area contributed by atoms with Crippen molar-refractivity contribution < 1.29 is 14.3 Å². The Hall–Kier alpha value is -1.16. The van der Waals surface area contributed by atoms with Gasteiger partial charge in [-0.15, -0.1) is 11.3 Å². The maximum absolute atomic E-state index is 12.7. The minimum atomic E-state index is -1.52. The molecule has 1 N–H and O–H groups in total. The summed E-state index contributed by atoms with van der Waals surface area (Å²) in [6.07, 6.45) is 1.04. The third-order valence-electron chi connectivity index (χ3n) is 1.57. The molecule has 0 radical (unpaired) electrons. The van der Waals surface area contributed by atoms with Crippen molar-refractivity contribution in [2.75, 3.05) is 0 Å². The predicted molar refractivity (Wildman–Crippen MR) is 50.5 cm³/mol. The van der Waals surface area contributed by atoms with Gasteiger partial charge in [0.2, 0.25) is 5.83 Å². The Kier molecular flexibility index (Phi) is 2.83. The van der Waals surface area contributed by atoms with Crippen LogP contribution in [0, 0.1) is 13.8 Å². The fourth-order valence-corrected chi connectivity index (χ4v) is 1.90. The molecule has 13 heavy (non-hydrogen) atoms. The Labute approximate surface area is 79.3 Å². The molecule has 0 amide bonds. The van der Waals surface area contributed by atoms with E-state index in [1.54, 1.807) is 6.07 Å². The van der Waals surface area contributed by atoms with Gasteiger partial charge in [0.05, 0.1) is 0 Å². The van der Waals surface area contributed by atoms with Crippen LogP contribution in [0.4, 0.5) is 4.39 Å². The average Bonchev–Trinajstić information content (AvgIpc) is 2.30. The van der Waals surface area contributed by atoms with E-state index in [0.717, 1.165) is 15.8 Å². The van der Waals surface area contributed by atoms with E-state index in [1.165, 1.54) is 11.3 Å². The number of rotatable bonds is 2. The number of carboxylic acids is 1. The second-order valence-corrected chi connectivity index (χ2v) is 4.13. The van der Waals surface area contributed by atoms with Gasteiger partial charge in [0, 0.05) is 9.75 Å². The molecule has 1 aromatic heterocycles. The lowest BCUT2D eigenvalue weighted by molar-refractivity contribution is -0.134. The second kappa shape index (κ2) is 3.70. The van der Waals surface area contributed by atoms with Crippen LogP contribution in [0.2, 0.25) is 0 Å². The van der Waals surface area contributed by atoms with Crippen LogP contribution in [0.3, 0.4) is 0 Å². The highest BCUT2D eigenvalue weighted by Gasteiger charge is 2.07. The summed E-state index contributed by atoms with van der Waals surface area (Å²) in [5.74, 6) is -2.65. The summed E-state index contributed by atoms with van der Waals surface area (Å²) in [5, 5.41) is 8.30. The number of aryl methyl sites for hydroxylation is 2. The Bertz CT molecular complexity index is 366. The van der Waals surface area contributed by atoms with Gasteiger partial charge in [-0.1, -0.05) is 0 Å². The molecular formula is C9H9FO2S. The van der Waals surface area contributed by atoms with Gasteiger partial charge in [-0.25, -0.2) is 4.79 Å². The van der Waals surface area contributed by atoms with Crippen LogP contribution in [0.1, 0.15) is 15.3 Å². The molecule has 0 aliphatic heterocycles. The van der Waals surface area contributed by atoms with Gasteiger partial charge in [0.25, 0.3) is 0 Å². The third-order valence-corrected chi connectivity index (χ3v) is 2.55. The minimum absolute atomic E-state index is 0.641. The van der Waals surface area contributed by atoms with E-state index in [1.807, 2.05) is 13.8 Å². The number of hydrogen-bond acceptors (Lipinski definition) is 2. The van der Waals surface area contributed by atoms with E-state index in [2.05, 4.69) is 0 Å². The van der Waals surface area contributed by atoms with E-state index in [-0.39, 0.29) is 0 Å². The first-order chi connectivity index (χ1) is 6.00. The lowest BCUT2D eigenvalue weighted by Gasteiger charge is -1.89. The number of carbonyl (C=O) groups is 1. The van der Waals surface area contributed by atoms with Crippen LogP contribution in [0.5, 0.6) is 0 Å². The zero-order chi connectivity index (χ0) is 10.0. The maximum atomic E-state index is 12.7. The van der Waals surface area contributed by atoms with Crippen LogP contribution in [-0.4, -0.2) is 11.1 Å². The molecule has 1 aromatic rings. The van der Waals surface area contributed by atoms with Crippen LogP contribution in [0.15, 0.2) is 11.9 Å². The molecule has 0 aliphatic carbocycles. The van der Waals surface area contributed by atoms with Crippen LogP contribution in [0.25, 0.3) is 6.08 Å². The van der Waals surface area contributed by atoms with Gasteiger partial charge in [-0.05, 0) is 31.6 Å². The lowest BCUT2D eigenvalue weighted by Crippen LogP contribution is -1.93. The largest absolute Gasteiger partial charge is 0.476 e. The minimum Gasteiger partial charge on any atom is -0.476 e. The molecule has 0 unspecified atom stereocenters. The summed E-state index contributed by atoms with van der Waals surface area (Å²) < 4.78 is 12.7. The Balaban J connectivity index is 3.03. The SMILES string of the molecule is Cc1cc(C=C(F)C(=O)O)c(C)s1. The van der Waals surface area contributed by atoms with E-state index >= 15 is 0 Å². The fraction of sp³-hybridized carbons (Fsp3) is 0.222. The highest BCUT2D eigenvalue weighted by molar-refractivity contribution is 7.12. The predicted octanol–water partition coefficient (Wildman–Crippen LogP) is 2.76. The fourth-order valence-electron chi connectivity index (χ4n) is 0.992.